The Bertz CT molecular complexity index is 1100. The largest absolute Gasteiger partial charge is 0.416 e. The molecular formula is C22H24F3N5O. The van der Waals surface area contributed by atoms with Crippen LogP contribution in [0.2, 0.25) is 0 Å². The van der Waals surface area contributed by atoms with Gasteiger partial charge in [-0.2, -0.15) is 18.3 Å². The van der Waals surface area contributed by atoms with E-state index in [-0.39, 0.29) is 18.2 Å². The van der Waals surface area contributed by atoms with Crippen molar-refractivity contribution in [1.82, 2.24) is 15.2 Å². The van der Waals surface area contributed by atoms with Gasteiger partial charge in [0, 0.05) is 36.6 Å². The van der Waals surface area contributed by atoms with Crippen LogP contribution in [0.5, 0.6) is 0 Å². The van der Waals surface area contributed by atoms with Gasteiger partial charge in [0.2, 0.25) is 0 Å². The van der Waals surface area contributed by atoms with Crippen molar-refractivity contribution in [3.63, 3.8) is 0 Å². The van der Waals surface area contributed by atoms with Crippen LogP contribution in [0.4, 0.5) is 24.8 Å². The first-order valence-electron chi connectivity index (χ1n) is 10.1. The van der Waals surface area contributed by atoms with E-state index in [2.05, 4.69) is 25.4 Å². The second-order valence-corrected chi connectivity index (χ2v) is 7.79. The molecule has 0 spiro atoms. The molecule has 1 fully saturated rings. The average molecular weight is 431 g/mol. The number of hydrogen-bond acceptors (Lipinski definition) is 6. The topological polar surface area (TPSA) is 63.2 Å². The lowest BCUT2D eigenvalue weighted by atomic mass is 10.0. The summed E-state index contributed by atoms with van der Waals surface area (Å²) in [5.41, 5.74) is 0.878. The molecule has 0 saturated carbocycles. The molecule has 1 aromatic carbocycles. The maximum Gasteiger partial charge on any atom is 0.416 e. The number of pyridine rings is 1. The number of alkyl halides is 3. The van der Waals surface area contributed by atoms with E-state index in [1.807, 2.05) is 19.9 Å². The molecule has 4 rings (SSSR count). The van der Waals surface area contributed by atoms with Crippen molar-refractivity contribution in [1.29, 1.82) is 0 Å². The number of halogens is 3. The van der Waals surface area contributed by atoms with E-state index in [4.69, 9.17) is 4.74 Å². The fourth-order valence-corrected chi connectivity index (χ4v) is 3.85. The summed E-state index contributed by atoms with van der Waals surface area (Å²) in [5, 5.41) is 13.3. The number of fused-ring (bicyclic) bond motifs is 1. The van der Waals surface area contributed by atoms with Crippen LogP contribution in [0.3, 0.4) is 0 Å². The normalized spacial score (nSPS) is 17.2. The Kier molecular flexibility index (Phi) is 5.70. The summed E-state index contributed by atoms with van der Waals surface area (Å²) < 4.78 is 45.3. The summed E-state index contributed by atoms with van der Waals surface area (Å²) in [4.78, 5) is 6.74. The van der Waals surface area contributed by atoms with Gasteiger partial charge in [0.25, 0.3) is 0 Å². The molecule has 1 aliphatic rings. The van der Waals surface area contributed by atoms with E-state index in [0.29, 0.717) is 18.0 Å². The van der Waals surface area contributed by atoms with Gasteiger partial charge >= 0.3 is 6.18 Å². The van der Waals surface area contributed by atoms with Gasteiger partial charge < -0.3 is 15.0 Å². The van der Waals surface area contributed by atoms with Gasteiger partial charge in [-0.25, -0.2) is 4.98 Å². The summed E-state index contributed by atoms with van der Waals surface area (Å²) in [7, 11) is 0. The van der Waals surface area contributed by atoms with Crippen molar-refractivity contribution in [2.75, 3.05) is 29.9 Å². The molecule has 31 heavy (non-hydrogen) atoms. The highest BCUT2D eigenvalue weighted by Gasteiger charge is 2.32. The third kappa shape index (κ3) is 4.41. The highest BCUT2D eigenvalue weighted by atomic mass is 19.4. The summed E-state index contributed by atoms with van der Waals surface area (Å²) in [5.74, 6) is 1.33. The van der Waals surface area contributed by atoms with E-state index in [0.717, 1.165) is 41.4 Å². The first-order chi connectivity index (χ1) is 14.7. The lowest BCUT2D eigenvalue weighted by molar-refractivity contribution is -0.138. The standard InChI is InChI=1S/C22H24F3N5O/c1-13-12-30(7-8-31-13)20-9-17-18(11-26-20)15(3)28-29-21(17)27-10-16-5-4-6-19(14(16)2)22(23,24)25/h4-6,9,11,13H,7-8,10,12H2,1-3H3,(H,27,29). The van der Waals surface area contributed by atoms with Crippen LogP contribution in [0.25, 0.3) is 10.8 Å². The Morgan fingerprint density at radius 2 is 2.00 bits per heavy atom. The zero-order valence-electron chi connectivity index (χ0n) is 17.6. The number of anilines is 2. The van der Waals surface area contributed by atoms with Crippen molar-refractivity contribution < 1.29 is 17.9 Å². The molecule has 0 amide bonds. The first kappa shape index (κ1) is 21.3. The molecule has 0 radical (unpaired) electrons. The van der Waals surface area contributed by atoms with Gasteiger partial charge in [-0.05, 0) is 44.0 Å². The number of nitrogens with zero attached hydrogens (tertiary/aromatic N) is 4. The van der Waals surface area contributed by atoms with Crippen molar-refractivity contribution in [2.45, 2.75) is 39.6 Å². The molecule has 6 nitrogen and oxygen atoms in total. The van der Waals surface area contributed by atoms with E-state index in [1.54, 1.807) is 12.3 Å². The molecule has 1 atom stereocenters. The minimum Gasteiger partial charge on any atom is -0.375 e. The van der Waals surface area contributed by atoms with Crippen LogP contribution < -0.4 is 10.2 Å². The number of hydrogen-bond donors (Lipinski definition) is 1. The molecule has 1 unspecified atom stereocenters. The summed E-state index contributed by atoms with van der Waals surface area (Å²) in [6.07, 6.45) is -2.49. The number of nitrogens with one attached hydrogen (secondary N) is 1. The highest BCUT2D eigenvalue weighted by molar-refractivity contribution is 5.94. The number of aryl methyl sites for hydroxylation is 1. The lowest BCUT2D eigenvalue weighted by Crippen LogP contribution is -2.41. The molecule has 0 aliphatic carbocycles. The van der Waals surface area contributed by atoms with Gasteiger partial charge in [-0.15, -0.1) is 5.10 Å². The Morgan fingerprint density at radius 3 is 2.74 bits per heavy atom. The maximum absolute atomic E-state index is 13.2. The average Bonchev–Trinajstić information content (AvgIpc) is 2.73. The molecule has 2 aromatic heterocycles. The monoisotopic (exact) mass is 431 g/mol. The Hall–Kier alpha value is -2.94. The summed E-state index contributed by atoms with van der Waals surface area (Å²) in [6.45, 7) is 7.68. The molecule has 1 N–H and O–H groups in total. The van der Waals surface area contributed by atoms with E-state index < -0.39 is 11.7 Å². The third-order valence-electron chi connectivity index (χ3n) is 5.60. The van der Waals surface area contributed by atoms with Crippen molar-refractivity contribution >= 4 is 22.4 Å². The second kappa shape index (κ2) is 8.30. The molecule has 0 bridgehead atoms. The zero-order valence-corrected chi connectivity index (χ0v) is 17.6. The van der Waals surface area contributed by atoms with Gasteiger partial charge in [0.15, 0.2) is 5.82 Å². The fraction of sp³-hybridized carbons (Fsp3) is 0.409. The molecule has 1 aliphatic heterocycles. The van der Waals surface area contributed by atoms with Crippen molar-refractivity contribution in [3.05, 3.63) is 52.8 Å². The smallest absolute Gasteiger partial charge is 0.375 e. The number of benzene rings is 1. The highest BCUT2D eigenvalue weighted by Crippen LogP contribution is 2.33. The lowest BCUT2D eigenvalue weighted by Gasteiger charge is -2.32. The minimum absolute atomic E-state index is 0.116. The molecule has 9 heteroatoms. The predicted molar refractivity (Wildman–Crippen MR) is 113 cm³/mol. The van der Waals surface area contributed by atoms with Gasteiger partial charge in [-0.1, -0.05) is 12.1 Å². The van der Waals surface area contributed by atoms with Crippen LogP contribution in [0.15, 0.2) is 30.5 Å². The van der Waals surface area contributed by atoms with Gasteiger partial charge in [-0.3, -0.25) is 0 Å². The number of rotatable bonds is 4. The number of morpholine rings is 1. The van der Waals surface area contributed by atoms with E-state index >= 15 is 0 Å². The second-order valence-electron chi connectivity index (χ2n) is 7.79. The Labute approximate surface area is 178 Å². The number of ether oxygens (including phenoxy) is 1. The number of aromatic nitrogens is 3. The molecular weight excluding hydrogens is 407 g/mol. The van der Waals surface area contributed by atoms with Crippen molar-refractivity contribution in [3.8, 4) is 0 Å². The maximum atomic E-state index is 13.2. The molecule has 3 aromatic rings. The third-order valence-corrected chi connectivity index (χ3v) is 5.60. The SMILES string of the molecule is Cc1c(CNc2nnc(C)c3cnc(N4CCOC(C)C4)cc23)cccc1C(F)(F)F. The minimum atomic E-state index is -4.38. The van der Waals surface area contributed by atoms with E-state index in [1.165, 1.54) is 13.0 Å². The predicted octanol–water partition coefficient (Wildman–Crippen LogP) is 4.50. The zero-order chi connectivity index (χ0) is 22.2. The summed E-state index contributed by atoms with van der Waals surface area (Å²) >= 11 is 0. The van der Waals surface area contributed by atoms with Gasteiger partial charge in [0.05, 0.1) is 24.0 Å². The Morgan fingerprint density at radius 1 is 1.19 bits per heavy atom. The van der Waals surface area contributed by atoms with Gasteiger partial charge in [0.1, 0.15) is 5.82 Å². The molecule has 1 saturated heterocycles. The van der Waals surface area contributed by atoms with Crippen LogP contribution in [0.1, 0.15) is 29.3 Å². The van der Waals surface area contributed by atoms with Crippen LogP contribution in [-0.4, -0.2) is 41.0 Å². The quantitative estimate of drug-likeness (QED) is 0.657. The van der Waals surface area contributed by atoms with Crippen LogP contribution in [-0.2, 0) is 17.5 Å². The van der Waals surface area contributed by atoms with E-state index in [9.17, 15) is 13.2 Å². The molecule has 164 valence electrons. The van der Waals surface area contributed by atoms with Crippen molar-refractivity contribution in [2.24, 2.45) is 0 Å². The fourth-order valence-electron chi connectivity index (χ4n) is 3.85. The summed E-state index contributed by atoms with van der Waals surface area (Å²) in [6, 6.07) is 6.16. The first-order valence-corrected chi connectivity index (χ1v) is 10.1. The Balaban J connectivity index is 1.65. The van der Waals surface area contributed by atoms with Crippen LogP contribution in [0, 0.1) is 13.8 Å². The van der Waals surface area contributed by atoms with Crippen LogP contribution >= 0.6 is 0 Å². The molecule has 3 heterocycles.